The van der Waals surface area contributed by atoms with Crippen LogP contribution < -0.4 is 5.32 Å². The molecule has 0 saturated heterocycles. The molecule has 1 aromatic rings. The Balaban J connectivity index is 2.75. The molecule has 1 unspecified atom stereocenters. The molecule has 72 valence electrons. The van der Waals surface area contributed by atoms with Crippen LogP contribution >= 0.6 is 23.2 Å². The van der Waals surface area contributed by atoms with Crippen LogP contribution in [0.3, 0.4) is 0 Å². The first kappa shape index (κ1) is 10.8. The number of hydrogen-bond donors (Lipinski definition) is 2. The molecule has 2 N–H and O–H groups in total. The largest absolute Gasteiger partial charge is 0.379 e. The molecule has 0 aliphatic heterocycles. The van der Waals surface area contributed by atoms with Crippen LogP contribution in [0.5, 0.6) is 0 Å². The van der Waals surface area contributed by atoms with Crippen molar-refractivity contribution in [3.8, 4) is 0 Å². The molecule has 1 rings (SSSR count). The van der Waals surface area contributed by atoms with Crippen molar-refractivity contribution >= 4 is 23.2 Å². The van der Waals surface area contributed by atoms with Crippen LogP contribution in [0.2, 0.25) is 10.0 Å². The van der Waals surface area contributed by atoms with Crippen LogP contribution in [0, 0.1) is 0 Å². The van der Waals surface area contributed by atoms with Gasteiger partial charge in [-0.15, -0.1) is 0 Å². The van der Waals surface area contributed by atoms with E-state index in [2.05, 4.69) is 5.32 Å². The Bertz CT molecular complexity index is 269. The summed E-state index contributed by atoms with van der Waals surface area (Å²) < 4.78 is 0. The fourth-order valence-electron chi connectivity index (χ4n) is 0.951. The zero-order valence-electron chi connectivity index (χ0n) is 7.22. The highest BCUT2D eigenvalue weighted by Crippen LogP contribution is 2.23. The number of aliphatic hydroxyl groups is 1. The van der Waals surface area contributed by atoms with E-state index in [1.807, 2.05) is 0 Å². The zero-order valence-corrected chi connectivity index (χ0v) is 8.73. The van der Waals surface area contributed by atoms with E-state index in [4.69, 9.17) is 28.3 Å². The fraction of sp³-hybridized carbons (Fsp3) is 0.333. The van der Waals surface area contributed by atoms with E-state index in [1.54, 1.807) is 25.1 Å². The number of nitrogens with one attached hydrogen (secondary N) is 1. The molecule has 0 spiro atoms. The summed E-state index contributed by atoms with van der Waals surface area (Å²) in [5, 5.41) is 13.1. The second-order valence-electron chi connectivity index (χ2n) is 2.76. The lowest BCUT2D eigenvalue weighted by Crippen LogP contribution is -2.24. The maximum absolute atomic E-state index is 9.00. The number of rotatable bonds is 3. The van der Waals surface area contributed by atoms with Crippen molar-refractivity contribution in [2.24, 2.45) is 0 Å². The Hall–Kier alpha value is -0.280. The van der Waals surface area contributed by atoms with E-state index in [0.29, 0.717) is 16.6 Å². The molecular formula is C9H11Cl2NO. The molecule has 0 aromatic heterocycles. The Labute approximate surface area is 87.5 Å². The molecule has 0 heterocycles. The lowest BCUT2D eigenvalue weighted by molar-refractivity contribution is 0.155. The highest BCUT2D eigenvalue weighted by Gasteiger charge is 2.05. The molecule has 0 saturated carbocycles. The van der Waals surface area contributed by atoms with E-state index < -0.39 is 6.23 Å². The molecule has 13 heavy (non-hydrogen) atoms. The van der Waals surface area contributed by atoms with Crippen LogP contribution in [0.25, 0.3) is 0 Å². The van der Waals surface area contributed by atoms with Crippen molar-refractivity contribution in [2.45, 2.75) is 19.7 Å². The van der Waals surface area contributed by atoms with Gasteiger partial charge in [0.05, 0.1) is 0 Å². The Morgan fingerprint density at radius 3 is 2.38 bits per heavy atom. The third-order valence-corrected chi connectivity index (χ3v) is 2.34. The highest BCUT2D eigenvalue weighted by atomic mass is 35.5. The first-order valence-corrected chi connectivity index (χ1v) is 4.71. The maximum atomic E-state index is 9.00. The van der Waals surface area contributed by atoms with Crippen LogP contribution in [0.4, 0.5) is 0 Å². The van der Waals surface area contributed by atoms with Gasteiger partial charge >= 0.3 is 0 Å². The smallest absolute Gasteiger partial charge is 0.102 e. The van der Waals surface area contributed by atoms with Gasteiger partial charge < -0.3 is 5.11 Å². The van der Waals surface area contributed by atoms with Crippen LogP contribution in [-0.4, -0.2) is 11.3 Å². The van der Waals surface area contributed by atoms with Gasteiger partial charge in [-0.1, -0.05) is 29.3 Å². The summed E-state index contributed by atoms with van der Waals surface area (Å²) in [5.41, 5.74) is 0.812. The molecule has 0 aliphatic carbocycles. The van der Waals surface area contributed by atoms with Crippen molar-refractivity contribution in [2.75, 3.05) is 0 Å². The summed E-state index contributed by atoms with van der Waals surface area (Å²) in [6, 6.07) is 5.33. The minimum atomic E-state index is -0.563. The van der Waals surface area contributed by atoms with E-state index in [1.165, 1.54) is 0 Å². The number of hydrogen-bond acceptors (Lipinski definition) is 2. The van der Waals surface area contributed by atoms with Crippen molar-refractivity contribution in [1.82, 2.24) is 5.32 Å². The first-order chi connectivity index (χ1) is 6.11. The molecule has 1 aromatic carbocycles. The molecule has 0 bridgehead atoms. The van der Waals surface area contributed by atoms with Crippen molar-refractivity contribution in [3.63, 3.8) is 0 Å². The average Bonchev–Trinajstić information content (AvgIpc) is 2.03. The number of aliphatic hydroxyl groups excluding tert-OH is 1. The standard InChI is InChI=1S/C9H11Cl2NO/c1-6(13)12-5-7-8(10)3-2-4-9(7)11/h2-4,6,12-13H,5H2,1H3. The number of benzene rings is 1. The topological polar surface area (TPSA) is 32.3 Å². The monoisotopic (exact) mass is 219 g/mol. The van der Waals surface area contributed by atoms with Gasteiger partial charge in [-0.3, -0.25) is 5.32 Å². The lowest BCUT2D eigenvalue weighted by atomic mass is 10.2. The van der Waals surface area contributed by atoms with Crippen molar-refractivity contribution in [3.05, 3.63) is 33.8 Å². The zero-order chi connectivity index (χ0) is 9.84. The number of halogens is 2. The van der Waals surface area contributed by atoms with Gasteiger partial charge in [0.2, 0.25) is 0 Å². The highest BCUT2D eigenvalue weighted by molar-refractivity contribution is 6.35. The molecule has 0 fully saturated rings. The average molecular weight is 220 g/mol. The van der Waals surface area contributed by atoms with E-state index >= 15 is 0 Å². The quantitative estimate of drug-likeness (QED) is 0.766. The van der Waals surface area contributed by atoms with E-state index in [-0.39, 0.29) is 0 Å². The van der Waals surface area contributed by atoms with Crippen LogP contribution in [0.1, 0.15) is 12.5 Å². The second kappa shape index (κ2) is 4.82. The minimum absolute atomic E-state index is 0.468. The third kappa shape index (κ3) is 3.16. The van der Waals surface area contributed by atoms with Crippen molar-refractivity contribution < 1.29 is 5.11 Å². The third-order valence-electron chi connectivity index (χ3n) is 1.64. The summed E-state index contributed by atoms with van der Waals surface area (Å²) >= 11 is 11.8. The second-order valence-corrected chi connectivity index (χ2v) is 3.57. The molecule has 0 aliphatic rings. The molecular weight excluding hydrogens is 209 g/mol. The Kier molecular flexibility index (Phi) is 4.00. The summed E-state index contributed by atoms with van der Waals surface area (Å²) in [6.45, 7) is 2.11. The normalized spacial score (nSPS) is 12.9. The molecule has 2 nitrogen and oxygen atoms in total. The summed E-state index contributed by atoms with van der Waals surface area (Å²) in [7, 11) is 0. The maximum Gasteiger partial charge on any atom is 0.102 e. The summed E-state index contributed by atoms with van der Waals surface area (Å²) in [4.78, 5) is 0. The van der Waals surface area contributed by atoms with E-state index in [9.17, 15) is 0 Å². The van der Waals surface area contributed by atoms with Gasteiger partial charge in [-0.2, -0.15) is 0 Å². The molecule has 1 atom stereocenters. The Morgan fingerprint density at radius 1 is 1.38 bits per heavy atom. The predicted octanol–water partition coefficient (Wildman–Crippen LogP) is 2.42. The summed E-state index contributed by atoms with van der Waals surface area (Å²) in [5.74, 6) is 0. The predicted molar refractivity (Wildman–Crippen MR) is 55.0 cm³/mol. The fourth-order valence-corrected chi connectivity index (χ4v) is 1.48. The van der Waals surface area contributed by atoms with Gasteiger partial charge in [0, 0.05) is 22.2 Å². The molecule has 0 amide bonds. The van der Waals surface area contributed by atoms with E-state index in [0.717, 1.165) is 5.56 Å². The van der Waals surface area contributed by atoms with Crippen LogP contribution in [0.15, 0.2) is 18.2 Å². The molecule has 0 radical (unpaired) electrons. The van der Waals surface area contributed by atoms with Gasteiger partial charge in [-0.05, 0) is 19.1 Å². The van der Waals surface area contributed by atoms with Gasteiger partial charge in [-0.25, -0.2) is 0 Å². The van der Waals surface area contributed by atoms with Gasteiger partial charge in [0.1, 0.15) is 6.23 Å². The SMILES string of the molecule is CC(O)NCc1c(Cl)cccc1Cl. The summed E-state index contributed by atoms with van der Waals surface area (Å²) in [6.07, 6.45) is -0.563. The Morgan fingerprint density at radius 2 is 1.92 bits per heavy atom. The van der Waals surface area contributed by atoms with Gasteiger partial charge in [0.25, 0.3) is 0 Å². The molecule has 4 heteroatoms. The first-order valence-electron chi connectivity index (χ1n) is 3.95. The van der Waals surface area contributed by atoms with Crippen LogP contribution in [-0.2, 0) is 6.54 Å². The lowest BCUT2D eigenvalue weighted by Gasteiger charge is -2.10. The minimum Gasteiger partial charge on any atom is -0.379 e. The van der Waals surface area contributed by atoms with Gasteiger partial charge in [0.15, 0.2) is 0 Å². The van der Waals surface area contributed by atoms with Crippen molar-refractivity contribution in [1.29, 1.82) is 0 Å².